The van der Waals surface area contributed by atoms with Crippen LogP contribution in [-0.2, 0) is 19.0 Å². The largest absolute Gasteiger partial charge is 0.459 e. The van der Waals surface area contributed by atoms with Crippen molar-refractivity contribution in [2.75, 3.05) is 13.7 Å². The van der Waals surface area contributed by atoms with Crippen LogP contribution in [0.3, 0.4) is 0 Å². The van der Waals surface area contributed by atoms with E-state index in [0.29, 0.717) is 24.5 Å². The summed E-state index contributed by atoms with van der Waals surface area (Å²) < 4.78 is 17.7. The lowest BCUT2D eigenvalue weighted by atomic mass is 9.70. The summed E-state index contributed by atoms with van der Waals surface area (Å²) in [5, 5.41) is 0. The second-order valence-electron chi connectivity index (χ2n) is 8.48. The summed E-state index contributed by atoms with van der Waals surface area (Å²) >= 11 is 0. The van der Waals surface area contributed by atoms with Crippen molar-refractivity contribution in [3.05, 3.63) is 12.2 Å². The lowest BCUT2D eigenvalue weighted by molar-refractivity contribution is -0.177. The number of allylic oxidation sites excluding steroid dienone is 2. The van der Waals surface area contributed by atoms with Crippen LogP contribution in [0, 0.1) is 23.7 Å². The van der Waals surface area contributed by atoms with Crippen molar-refractivity contribution in [3.8, 4) is 0 Å². The van der Waals surface area contributed by atoms with Gasteiger partial charge in [-0.15, -0.1) is 0 Å². The number of ether oxygens (including phenoxy) is 3. The Hall–Kier alpha value is -0.870. The minimum atomic E-state index is -0.504. The van der Waals surface area contributed by atoms with Gasteiger partial charge in [0.15, 0.2) is 0 Å². The summed E-state index contributed by atoms with van der Waals surface area (Å²) in [5.41, 5.74) is -0.770. The Kier molecular flexibility index (Phi) is 3.62. The molecule has 0 N–H and O–H groups in total. The predicted molar refractivity (Wildman–Crippen MR) is 85.8 cm³/mol. The minimum Gasteiger partial charge on any atom is -0.459 e. The molecule has 1 saturated carbocycles. The lowest BCUT2D eigenvalue weighted by Crippen LogP contribution is -2.51. The van der Waals surface area contributed by atoms with Gasteiger partial charge in [-0.05, 0) is 57.8 Å². The normalized spacial score (nSPS) is 44.2. The van der Waals surface area contributed by atoms with Crippen molar-refractivity contribution in [1.29, 1.82) is 0 Å². The van der Waals surface area contributed by atoms with E-state index in [0.717, 1.165) is 32.1 Å². The van der Waals surface area contributed by atoms with E-state index in [4.69, 9.17) is 14.2 Å². The van der Waals surface area contributed by atoms with E-state index in [1.807, 2.05) is 0 Å². The summed E-state index contributed by atoms with van der Waals surface area (Å²) in [6, 6.07) is 0. The van der Waals surface area contributed by atoms with E-state index in [9.17, 15) is 4.79 Å². The molecule has 4 nitrogen and oxygen atoms in total. The number of rotatable bonds is 5. The summed E-state index contributed by atoms with van der Waals surface area (Å²) in [6.07, 6.45) is 9.94. The first kappa shape index (κ1) is 15.6. The highest BCUT2D eigenvalue weighted by Crippen LogP contribution is 2.53. The molecule has 2 aliphatic heterocycles. The average Bonchev–Trinajstić information content (AvgIpc) is 3.25. The summed E-state index contributed by atoms with van der Waals surface area (Å²) in [5.74, 6) is 1.25. The molecule has 0 amide bonds. The van der Waals surface area contributed by atoms with Gasteiger partial charge in [0.05, 0.1) is 24.2 Å². The van der Waals surface area contributed by atoms with Crippen LogP contribution in [-0.4, -0.2) is 37.0 Å². The summed E-state index contributed by atoms with van der Waals surface area (Å²) in [6.45, 7) is 4.70. The monoisotopic (exact) mass is 320 g/mol. The highest BCUT2D eigenvalue weighted by Gasteiger charge is 2.60. The van der Waals surface area contributed by atoms with Crippen molar-refractivity contribution in [2.45, 2.75) is 63.3 Å². The molecule has 128 valence electrons. The van der Waals surface area contributed by atoms with Crippen molar-refractivity contribution in [3.63, 3.8) is 0 Å². The van der Waals surface area contributed by atoms with Crippen molar-refractivity contribution >= 4 is 5.97 Å². The number of fused-ring (bicyclic) bond motifs is 4. The molecule has 4 bridgehead atoms. The minimum absolute atomic E-state index is 0.0119. The van der Waals surface area contributed by atoms with Gasteiger partial charge in [0, 0.05) is 13.0 Å². The fourth-order valence-electron chi connectivity index (χ4n) is 5.58. The molecule has 0 aromatic carbocycles. The van der Waals surface area contributed by atoms with Crippen LogP contribution in [0.15, 0.2) is 12.2 Å². The zero-order chi connectivity index (χ0) is 16.2. The Morgan fingerprint density at radius 1 is 1.30 bits per heavy atom. The molecular formula is C19H28O4. The van der Waals surface area contributed by atoms with E-state index >= 15 is 0 Å². The Balaban J connectivity index is 1.47. The number of hydrogen-bond donors (Lipinski definition) is 0. The Bertz CT molecular complexity index is 525. The van der Waals surface area contributed by atoms with Crippen molar-refractivity contribution in [1.82, 2.24) is 0 Å². The first-order valence-corrected chi connectivity index (χ1v) is 9.01. The quantitative estimate of drug-likeness (QED) is 0.577. The third-order valence-corrected chi connectivity index (χ3v) is 6.60. The second-order valence-corrected chi connectivity index (χ2v) is 8.48. The standard InChI is InChI=1S/C19H28O4/c1-18(2,16-10-14-6-7-19(16,22-14)11-21-3)23-17(20)15-9-12-4-5-13(15)8-12/h4-5,12-16H,6-11H2,1-3H3. The maximum absolute atomic E-state index is 12.7. The first-order chi connectivity index (χ1) is 10.9. The van der Waals surface area contributed by atoms with E-state index in [1.54, 1.807) is 7.11 Å². The molecule has 2 saturated heterocycles. The Labute approximate surface area is 138 Å². The van der Waals surface area contributed by atoms with Gasteiger partial charge in [-0.3, -0.25) is 4.79 Å². The van der Waals surface area contributed by atoms with Crippen LogP contribution in [0.5, 0.6) is 0 Å². The number of carbonyl (C=O) groups is 1. The van der Waals surface area contributed by atoms with E-state index < -0.39 is 5.60 Å². The van der Waals surface area contributed by atoms with Crippen molar-refractivity contribution in [2.24, 2.45) is 23.7 Å². The van der Waals surface area contributed by atoms with Gasteiger partial charge in [-0.1, -0.05) is 12.2 Å². The van der Waals surface area contributed by atoms with E-state index in [1.165, 1.54) is 0 Å². The summed E-state index contributed by atoms with van der Waals surface area (Å²) in [7, 11) is 1.72. The van der Waals surface area contributed by atoms with Gasteiger partial charge in [0.25, 0.3) is 0 Å². The molecule has 0 radical (unpaired) electrons. The molecule has 4 heteroatoms. The van der Waals surface area contributed by atoms with Gasteiger partial charge in [-0.2, -0.15) is 0 Å². The molecule has 0 aromatic rings. The maximum Gasteiger partial charge on any atom is 0.310 e. The van der Waals surface area contributed by atoms with E-state index in [-0.39, 0.29) is 23.4 Å². The third kappa shape index (κ3) is 2.45. The maximum atomic E-state index is 12.7. The number of methoxy groups -OCH3 is 1. The molecule has 0 aromatic heterocycles. The molecule has 4 rings (SSSR count). The van der Waals surface area contributed by atoms with Crippen LogP contribution in [0.4, 0.5) is 0 Å². The third-order valence-electron chi connectivity index (χ3n) is 6.60. The molecule has 2 aliphatic carbocycles. The lowest BCUT2D eigenvalue weighted by Gasteiger charge is -2.42. The zero-order valence-corrected chi connectivity index (χ0v) is 14.4. The smallest absolute Gasteiger partial charge is 0.310 e. The topological polar surface area (TPSA) is 44.8 Å². The highest BCUT2D eigenvalue weighted by atomic mass is 16.6. The Morgan fingerprint density at radius 2 is 2.13 bits per heavy atom. The van der Waals surface area contributed by atoms with Gasteiger partial charge < -0.3 is 14.2 Å². The molecule has 6 atom stereocenters. The molecule has 4 aliphatic rings. The average molecular weight is 320 g/mol. The number of hydrogen-bond acceptors (Lipinski definition) is 4. The number of esters is 1. The molecule has 23 heavy (non-hydrogen) atoms. The van der Waals surface area contributed by atoms with Crippen LogP contribution in [0.1, 0.15) is 46.0 Å². The predicted octanol–water partition coefficient (Wildman–Crippen LogP) is 3.10. The highest BCUT2D eigenvalue weighted by molar-refractivity contribution is 5.74. The molecular weight excluding hydrogens is 292 g/mol. The van der Waals surface area contributed by atoms with Crippen LogP contribution in [0.25, 0.3) is 0 Å². The molecule has 6 unspecified atom stereocenters. The first-order valence-electron chi connectivity index (χ1n) is 9.01. The Morgan fingerprint density at radius 3 is 2.74 bits per heavy atom. The van der Waals surface area contributed by atoms with Gasteiger partial charge in [0.2, 0.25) is 0 Å². The summed E-state index contributed by atoms with van der Waals surface area (Å²) in [4.78, 5) is 12.7. The van der Waals surface area contributed by atoms with Crippen LogP contribution < -0.4 is 0 Å². The van der Waals surface area contributed by atoms with Gasteiger partial charge in [-0.25, -0.2) is 0 Å². The fraction of sp³-hybridized carbons (Fsp3) is 0.842. The molecule has 0 spiro atoms. The fourth-order valence-corrected chi connectivity index (χ4v) is 5.58. The SMILES string of the molecule is COCC12CCC(CC1C(C)(C)OC(=O)C1CC3C=CC1C3)O2. The van der Waals surface area contributed by atoms with E-state index in [2.05, 4.69) is 26.0 Å². The van der Waals surface area contributed by atoms with Gasteiger partial charge in [0.1, 0.15) is 5.60 Å². The van der Waals surface area contributed by atoms with Crippen molar-refractivity contribution < 1.29 is 19.0 Å². The molecule has 2 heterocycles. The van der Waals surface area contributed by atoms with Crippen LogP contribution in [0.2, 0.25) is 0 Å². The van der Waals surface area contributed by atoms with Gasteiger partial charge >= 0.3 is 5.97 Å². The number of carbonyl (C=O) groups excluding carboxylic acids is 1. The molecule has 3 fully saturated rings. The van der Waals surface area contributed by atoms with Crippen LogP contribution >= 0.6 is 0 Å². The zero-order valence-electron chi connectivity index (χ0n) is 14.4. The second kappa shape index (κ2) is 5.32.